The summed E-state index contributed by atoms with van der Waals surface area (Å²) in [6.07, 6.45) is 6.88. The Bertz CT molecular complexity index is 1010. The molecule has 2 aromatic rings. The largest absolute Gasteiger partial charge is 0.300 e. The molecule has 2 aliphatic carbocycles. The minimum atomic E-state index is -0.831. The van der Waals surface area contributed by atoms with Crippen molar-refractivity contribution in [3.8, 4) is 11.3 Å². The first-order chi connectivity index (χ1) is 14.5. The molecule has 5 rings (SSSR count). The quantitative estimate of drug-likeness (QED) is 0.759. The molecule has 1 aliphatic heterocycles. The first-order valence-corrected chi connectivity index (χ1v) is 11.7. The number of benzene rings is 1. The lowest BCUT2D eigenvalue weighted by Gasteiger charge is -2.21. The molecule has 1 aromatic carbocycles. The van der Waals surface area contributed by atoms with Gasteiger partial charge in [0.15, 0.2) is 5.13 Å². The summed E-state index contributed by atoms with van der Waals surface area (Å²) in [6.45, 7) is 1.62. The van der Waals surface area contributed by atoms with Gasteiger partial charge in [-0.1, -0.05) is 25.0 Å². The van der Waals surface area contributed by atoms with Crippen LogP contribution < -0.4 is 5.32 Å². The number of hydrogen-bond donors (Lipinski definition) is 1. The molecule has 3 aliphatic rings. The zero-order chi connectivity index (χ0) is 20.8. The predicted octanol–water partition coefficient (Wildman–Crippen LogP) is 3.80. The van der Waals surface area contributed by atoms with Gasteiger partial charge in [-0.15, -0.1) is 11.3 Å². The van der Waals surface area contributed by atoms with Crippen LogP contribution in [0.4, 0.5) is 5.13 Å². The highest BCUT2D eigenvalue weighted by Crippen LogP contribution is 2.39. The van der Waals surface area contributed by atoms with E-state index in [2.05, 4.69) is 28.5 Å². The van der Waals surface area contributed by atoms with Gasteiger partial charge >= 0.3 is 0 Å². The van der Waals surface area contributed by atoms with Crippen LogP contribution >= 0.6 is 11.3 Å². The number of fused-ring (bicyclic) bond motifs is 2. The van der Waals surface area contributed by atoms with Gasteiger partial charge in [0.25, 0.3) is 0 Å². The average Bonchev–Trinajstić information content (AvgIpc) is 3.46. The number of amides is 3. The Morgan fingerprint density at radius 2 is 1.80 bits per heavy atom. The van der Waals surface area contributed by atoms with E-state index in [1.54, 1.807) is 6.92 Å². The Kier molecular flexibility index (Phi) is 4.93. The van der Waals surface area contributed by atoms with Gasteiger partial charge in [0.2, 0.25) is 17.7 Å². The number of carbonyl (C=O) groups excluding carboxylic acids is 3. The number of aromatic nitrogens is 1. The van der Waals surface area contributed by atoms with Crippen LogP contribution in [0.15, 0.2) is 23.6 Å². The maximum atomic E-state index is 12.8. The van der Waals surface area contributed by atoms with Gasteiger partial charge in [-0.2, -0.15) is 0 Å². The number of hydrogen-bond acceptors (Lipinski definition) is 5. The molecule has 1 N–H and O–H groups in total. The monoisotopic (exact) mass is 423 g/mol. The predicted molar refractivity (Wildman–Crippen MR) is 115 cm³/mol. The molecule has 1 saturated carbocycles. The topological polar surface area (TPSA) is 79.4 Å². The van der Waals surface area contributed by atoms with Crippen molar-refractivity contribution < 1.29 is 14.4 Å². The Morgan fingerprint density at radius 1 is 1.10 bits per heavy atom. The van der Waals surface area contributed by atoms with Gasteiger partial charge in [-0.05, 0) is 56.2 Å². The Morgan fingerprint density at radius 3 is 2.53 bits per heavy atom. The molecule has 0 bridgehead atoms. The first kappa shape index (κ1) is 19.4. The Hall–Kier alpha value is -2.54. The van der Waals surface area contributed by atoms with E-state index in [0.717, 1.165) is 49.8 Å². The molecule has 3 amide bonds. The highest BCUT2D eigenvalue weighted by atomic mass is 32.1. The lowest BCUT2D eigenvalue weighted by atomic mass is 9.81. The van der Waals surface area contributed by atoms with Crippen LogP contribution in [-0.2, 0) is 27.2 Å². The van der Waals surface area contributed by atoms with Crippen LogP contribution in [0.3, 0.4) is 0 Å². The fourth-order valence-corrected chi connectivity index (χ4v) is 5.81. The number of carbonyl (C=O) groups is 3. The van der Waals surface area contributed by atoms with E-state index in [0.29, 0.717) is 5.13 Å². The maximum absolute atomic E-state index is 12.8. The van der Waals surface area contributed by atoms with Crippen LogP contribution in [0, 0.1) is 11.8 Å². The van der Waals surface area contributed by atoms with Gasteiger partial charge in [0.05, 0.1) is 17.5 Å². The number of anilines is 1. The highest BCUT2D eigenvalue weighted by Gasteiger charge is 2.50. The van der Waals surface area contributed by atoms with Crippen molar-refractivity contribution in [1.82, 2.24) is 9.88 Å². The SMILES string of the molecule is CC(C(=O)Nc1nc(-c2ccc3c(c2)CCC3)cs1)N1C(=O)C2CCCCC2C1=O. The highest BCUT2D eigenvalue weighted by molar-refractivity contribution is 7.14. The minimum absolute atomic E-state index is 0.190. The van der Waals surface area contributed by atoms with Crippen molar-refractivity contribution in [2.24, 2.45) is 11.8 Å². The molecule has 2 fully saturated rings. The normalized spacial score (nSPS) is 24.0. The second kappa shape index (κ2) is 7.61. The maximum Gasteiger partial charge on any atom is 0.249 e. The minimum Gasteiger partial charge on any atom is -0.300 e. The Labute approximate surface area is 179 Å². The van der Waals surface area contributed by atoms with Crippen LogP contribution in [0.25, 0.3) is 11.3 Å². The van der Waals surface area contributed by atoms with E-state index in [4.69, 9.17) is 0 Å². The lowest BCUT2D eigenvalue weighted by molar-refractivity contribution is -0.146. The van der Waals surface area contributed by atoms with Crippen molar-refractivity contribution in [3.05, 3.63) is 34.7 Å². The van der Waals surface area contributed by atoms with Crippen molar-refractivity contribution in [1.29, 1.82) is 0 Å². The van der Waals surface area contributed by atoms with Crippen molar-refractivity contribution in [2.75, 3.05) is 5.32 Å². The molecular formula is C23H25N3O3S. The Balaban J connectivity index is 1.29. The lowest BCUT2D eigenvalue weighted by Crippen LogP contribution is -2.46. The van der Waals surface area contributed by atoms with E-state index >= 15 is 0 Å². The summed E-state index contributed by atoms with van der Waals surface area (Å²) in [5.41, 5.74) is 4.68. The van der Waals surface area contributed by atoms with Crippen LogP contribution in [-0.4, -0.2) is 33.6 Å². The molecule has 30 heavy (non-hydrogen) atoms. The van der Waals surface area contributed by atoms with Gasteiger partial charge in [0, 0.05) is 10.9 Å². The third kappa shape index (κ3) is 3.25. The standard InChI is InChI=1S/C23H25N3O3S/c1-13(26-21(28)17-7-2-3-8-18(17)22(26)29)20(27)25-23-24-19(12-30-23)16-10-9-14-5-4-6-15(14)11-16/h9-13,17-18H,2-8H2,1H3,(H,24,25,27). The second-order valence-corrected chi connectivity index (χ2v) is 9.44. The molecule has 7 heteroatoms. The number of nitrogens with one attached hydrogen (secondary N) is 1. The fraction of sp³-hybridized carbons (Fsp3) is 0.478. The number of rotatable bonds is 4. The molecule has 0 radical (unpaired) electrons. The molecule has 1 aromatic heterocycles. The number of likely N-dealkylation sites (tertiary alicyclic amines) is 1. The summed E-state index contributed by atoms with van der Waals surface area (Å²) >= 11 is 1.36. The van der Waals surface area contributed by atoms with Crippen LogP contribution in [0.5, 0.6) is 0 Å². The molecule has 3 unspecified atom stereocenters. The van der Waals surface area contributed by atoms with Crippen molar-refractivity contribution >= 4 is 34.2 Å². The zero-order valence-electron chi connectivity index (χ0n) is 17.0. The molecule has 3 atom stereocenters. The zero-order valence-corrected chi connectivity index (χ0v) is 17.8. The molecule has 2 heterocycles. The summed E-state index contributed by atoms with van der Waals surface area (Å²) < 4.78 is 0. The number of nitrogens with zero attached hydrogens (tertiary/aromatic N) is 2. The summed E-state index contributed by atoms with van der Waals surface area (Å²) in [7, 11) is 0. The molecule has 1 saturated heterocycles. The van der Waals surface area contributed by atoms with Crippen molar-refractivity contribution in [3.63, 3.8) is 0 Å². The third-order valence-electron chi connectivity index (χ3n) is 6.77. The first-order valence-electron chi connectivity index (χ1n) is 10.8. The van der Waals surface area contributed by atoms with Crippen LogP contribution in [0.1, 0.15) is 50.2 Å². The number of thiazole rings is 1. The van der Waals surface area contributed by atoms with Crippen LogP contribution in [0.2, 0.25) is 0 Å². The summed E-state index contributed by atoms with van der Waals surface area (Å²) in [4.78, 5) is 44.0. The average molecular weight is 424 g/mol. The second-order valence-electron chi connectivity index (χ2n) is 8.58. The molecular weight excluding hydrogens is 398 g/mol. The van der Waals surface area contributed by atoms with Gasteiger partial charge < -0.3 is 5.32 Å². The van der Waals surface area contributed by atoms with E-state index in [9.17, 15) is 14.4 Å². The molecule has 156 valence electrons. The van der Waals surface area contributed by atoms with Gasteiger partial charge in [0.1, 0.15) is 6.04 Å². The number of aryl methyl sites for hydroxylation is 2. The third-order valence-corrected chi connectivity index (χ3v) is 7.53. The number of imide groups is 1. The van der Waals surface area contributed by atoms with Gasteiger partial charge in [-0.25, -0.2) is 4.98 Å². The van der Waals surface area contributed by atoms with Crippen molar-refractivity contribution in [2.45, 2.75) is 57.9 Å². The van der Waals surface area contributed by atoms with E-state index in [-0.39, 0.29) is 29.6 Å². The summed E-state index contributed by atoms with van der Waals surface area (Å²) in [5, 5.41) is 5.22. The fourth-order valence-electron chi connectivity index (χ4n) is 5.09. The molecule has 0 spiro atoms. The van der Waals surface area contributed by atoms with E-state index in [1.165, 1.54) is 33.8 Å². The molecule has 6 nitrogen and oxygen atoms in total. The van der Waals surface area contributed by atoms with E-state index < -0.39 is 6.04 Å². The van der Waals surface area contributed by atoms with Gasteiger partial charge in [-0.3, -0.25) is 19.3 Å². The smallest absolute Gasteiger partial charge is 0.249 e. The van der Waals surface area contributed by atoms with E-state index in [1.807, 2.05) is 5.38 Å². The summed E-state index contributed by atoms with van der Waals surface area (Å²) in [6, 6.07) is 5.61. The summed E-state index contributed by atoms with van der Waals surface area (Å²) in [5.74, 6) is -1.23.